The Morgan fingerprint density at radius 1 is 1.44 bits per heavy atom. The molecule has 0 bridgehead atoms. The maximum atomic E-state index is 11.8. The lowest BCUT2D eigenvalue weighted by molar-refractivity contribution is -0.121. The quantitative estimate of drug-likeness (QED) is 0.897. The van der Waals surface area contributed by atoms with E-state index >= 15 is 0 Å². The van der Waals surface area contributed by atoms with Gasteiger partial charge in [-0.25, -0.2) is 0 Å². The zero-order chi connectivity index (χ0) is 13.0. The number of rotatable bonds is 4. The topological polar surface area (TPSA) is 55.1 Å². The van der Waals surface area contributed by atoms with Gasteiger partial charge in [0.25, 0.3) is 0 Å². The first-order valence-corrected chi connectivity index (χ1v) is 7.22. The number of carbonyl (C=O) groups is 1. The maximum absolute atomic E-state index is 11.8. The van der Waals surface area contributed by atoms with Gasteiger partial charge in [-0.2, -0.15) is 0 Å². The summed E-state index contributed by atoms with van der Waals surface area (Å²) in [6, 6.07) is 8.63. The van der Waals surface area contributed by atoms with Crippen LogP contribution in [-0.2, 0) is 11.2 Å². The molecule has 3 N–H and O–H groups in total. The van der Waals surface area contributed by atoms with Gasteiger partial charge in [-0.3, -0.25) is 4.79 Å². The summed E-state index contributed by atoms with van der Waals surface area (Å²) >= 11 is 3.43. The number of aryl methyl sites for hydroxylation is 1. The molecule has 4 heteroatoms. The molecule has 98 valence electrons. The molecule has 0 heterocycles. The number of benzene rings is 1. The van der Waals surface area contributed by atoms with Gasteiger partial charge in [0.1, 0.15) is 0 Å². The highest BCUT2D eigenvalue weighted by Gasteiger charge is 2.22. The van der Waals surface area contributed by atoms with Crippen LogP contribution in [0.1, 0.15) is 31.2 Å². The second-order valence-electron chi connectivity index (χ2n) is 4.97. The lowest BCUT2D eigenvalue weighted by Crippen LogP contribution is -2.34. The SMILES string of the molecule is NC1CCC(NC(=O)CCc2cccc(Br)c2)C1. The van der Waals surface area contributed by atoms with E-state index in [1.54, 1.807) is 0 Å². The molecule has 0 spiro atoms. The van der Waals surface area contributed by atoms with Crippen molar-refractivity contribution in [2.75, 3.05) is 0 Å². The zero-order valence-corrected chi connectivity index (χ0v) is 11.9. The van der Waals surface area contributed by atoms with Crippen molar-refractivity contribution in [1.82, 2.24) is 5.32 Å². The van der Waals surface area contributed by atoms with Crippen molar-refractivity contribution in [3.05, 3.63) is 34.3 Å². The van der Waals surface area contributed by atoms with E-state index in [1.807, 2.05) is 18.2 Å². The molecular weight excluding hydrogens is 292 g/mol. The number of nitrogens with one attached hydrogen (secondary N) is 1. The van der Waals surface area contributed by atoms with E-state index in [9.17, 15) is 4.79 Å². The molecular formula is C14H19BrN2O. The molecule has 0 radical (unpaired) electrons. The third-order valence-electron chi connectivity index (χ3n) is 3.37. The van der Waals surface area contributed by atoms with Crippen molar-refractivity contribution in [3.63, 3.8) is 0 Å². The van der Waals surface area contributed by atoms with Crippen molar-refractivity contribution in [1.29, 1.82) is 0 Å². The van der Waals surface area contributed by atoms with Crippen LogP contribution in [0.15, 0.2) is 28.7 Å². The highest BCUT2D eigenvalue weighted by atomic mass is 79.9. The minimum Gasteiger partial charge on any atom is -0.353 e. The molecule has 1 fully saturated rings. The molecule has 1 saturated carbocycles. The van der Waals surface area contributed by atoms with Crippen LogP contribution in [0.4, 0.5) is 0 Å². The predicted molar refractivity (Wildman–Crippen MR) is 76.2 cm³/mol. The largest absolute Gasteiger partial charge is 0.353 e. The van der Waals surface area contributed by atoms with Crippen molar-refractivity contribution in [3.8, 4) is 0 Å². The Morgan fingerprint density at radius 2 is 2.28 bits per heavy atom. The summed E-state index contributed by atoms with van der Waals surface area (Å²) < 4.78 is 1.06. The minimum absolute atomic E-state index is 0.133. The number of nitrogens with two attached hydrogens (primary N) is 1. The molecule has 0 aromatic heterocycles. The molecule has 2 atom stereocenters. The monoisotopic (exact) mass is 310 g/mol. The Labute approximate surface area is 116 Å². The molecule has 1 amide bonds. The van der Waals surface area contributed by atoms with Crippen LogP contribution in [0.2, 0.25) is 0 Å². The lowest BCUT2D eigenvalue weighted by Gasteiger charge is -2.12. The van der Waals surface area contributed by atoms with E-state index in [-0.39, 0.29) is 18.0 Å². The molecule has 1 aliphatic carbocycles. The summed E-state index contributed by atoms with van der Waals surface area (Å²) in [5, 5.41) is 3.06. The number of halogens is 1. The van der Waals surface area contributed by atoms with Gasteiger partial charge in [0, 0.05) is 23.0 Å². The van der Waals surface area contributed by atoms with Crippen LogP contribution < -0.4 is 11.1 Å². The average Bonchev–Trinajstić information content (AvgIpc) is 2.72. The highest BCUT2D eigenvalue weighted by molar-refractivity contribution is 9.10. The Bertz CT molecular complexity index is 422. The maximum Gasteiger partial charge on any atom is 0.220 e. The van der Waals surface area contributed by atoms with Crippen LogP contribution >= 0.6 is 15.9 Å². The van der Waals surface area contributed by atoms with Crippen molar-refractivity contribution in [2.24, 2.45) is 5.73 Å². The first-order valence-electron chi connectivity index (χ1n) is 6.43. The molecule has 2 unspecified atom stereocenters. The van der Waals surface area contributed by atoms with Crippen LogP contribution in [0.3, 0.4) is 0 Å². The predicted octanol–water partition coefficient (Wildman–Crippen LogP) is 2.38. The van der Waals surface area contributed by atoms with E-state index in [0.29, 0.717) is 6.42 Å². The van der Waals surface area contributed by atoms with Gasteiger partial charge >= 0.3 is 0 Å². The van der Waals surface area contributed by atoms with Gasteiger partial charge in [0.05, 0.1) is 0 Å². The van der Waals surface area contributed by atoms with Crippen molar-refractivity contribution < 1.29 is 4.79 Å². The highest BCUT2D eigenvalue weighted by Crippen LogP contribution is 2.17. The average molecular weight is 311 g/mol. The number of carbonyl (C=O) groups excluding carboxylic acids is 1. The Kier molecular flexibility index (Phi) is 4.78. The van der Waals surface area contributed by atoms with Crippen molar-refractivity contribution in [2.45, 2.75) is 44.2 Å². The number of hydrogen-bond acceptors (Lipinski definition) is 2. The molecule has 1 aromatic carbocycles. The first kappa shape index (κ1) is 13.6. The van der Waals surface area contributed by atoms with Gasteiger partial charge in [-0.05, 0) is 43.4 Å². The fourth-order valence-electron chi connectivity index (χ4n) is 2.40. The van der Waals surface area contributed by atoms with Crippen LogP contribution in [0, 0.1) is 0 Å². The fourth-order valence-corrected chi connectivity index (χ4v) is 2.84. The van der Waals surface area contributed by atoms with E-state index in [0.717, 1.165) is 30.2 Å². The summed E-state index contributed by atoms with van der Waals surface area (Å²) in [5.41, 5.74) is 7.01. The van der Waals surface area contributed by atoms with E-state index in [4.69, 9.17) is 5.73 Å². The Hall–Kier alpha value is -0.870. The summed E-state index contributed by atoms with van der Waals surface area (Å²) in [6.07, 6.45) is 4.29. The van der Waals surface area contributed by atoms with Gasteiger partial charge < -0.3 is 11.1 Å². The van der Waals surface area contributed by atoms with Crippen LogP contribution in [0.25, 0.3) is 0 Å². The van der Waals surface area contributed by atoms with Crippen LogP contribution in [0.5, 0.6) is 0 Å². The van der Waals surface area contributed by atoms with Crippen LogP contribution in [-0.4, -0.2) is 18.0 Å². The van der Waals surface area contributed by atoms with Crippen molar-refractivity contribution >= 4 is 21.8 Å². The summed E-state index contributed by atoms with van der Waals surface area (Å²) in [4.78, 5) is 11.8. The normalized spacial score (nSPS) is 23.0. The van der Waals surface area contributed by atoms with E-state index < -0.39 is 0 Å². The fraction of sp³-hybridized carbons (Fsp3) is 0.500. The minimum atomic E-state index is 0.133. The number of hydrogen-bond donors (Lipinski definition) is 2. The molecule has 18 heavy (non-hydrogen) atoms. The molecule has 2 rings (SSSR count). The zero-order valence-electron chi connectivity index (χ0n) is 10.4. The second kappa shape index (κ2) is 6.34. The second-order valence-corrected chi connectivity index (χ2v) is 5.88. The molecule has 0 aliphatic heterocycles. The lowest BCUT2D eigenvalue weighted by atomic mass is 10.1. The molecule has 0 saturated heterocycles. The summed E-state index contributed by atoms with van der Waals surface area (Å²) in [5.74, 6) is 0.133. The van der Waals surface area contributed by atoms with E-state index in [1.165, 1.54) is 5.56 Å². The van der Waals surface area contributed by atoms with Gasteiger partial charge in [0.2, 0.25) is 5.91 Å². The number of amides is 1. The summed E-state index contributed by atoms with van der Waals surface area (Å²) in [7, 11) is 0. The smallest absolute Gasteiger partial charge is 0.220 e. The molecule has 1 aromatic rings. The third kappa shape index (κ3) is 4.10. The van der Waals surface area contributed by atoms with Gasteiger partial charge in [0.15, 0.2) is 0 Å². The standard InChI is InChI=1S/C14H19BrN2O/c15-11-3-1-2-10(8-11)4-7-14(18)17-13-6-5-12(16)9-13/h1-3,8,12-13H,4-7,9,16H2,(H,17,18). The Morgan fingerprint density at radius 3 is 2.94 bits per heavy atom. The van der Waals surface area contributed by atoms with Gasteiger partial charge in [-0.1, -0.05) is 28.1 Å². The first-order chi connectivity index (χ1) is 8.63. The van der Waals surface area contributed by atoms with Gasteiger partial charge in [-0.15, -0.1) is 0 Å². The third-order valence-corrected chi connectivity index (χ3v) is 3.86. The summed E-state index contributed by atoms with van der Waals surface area (Å²) in [6.45, 7) is 0. The van der Waals surface area contributed by atoms with E-state index in [2.05, 4.69) is 27.3 Å². The Balaban J connectivity index is 1.75. The molecule has 3 nitrogen and oxygen atoms in total. The molecule has 1 aliphatic rings.